The number of anilines is 1. The number of aliphatic hydroxyl groups excluding tert-OH is 1. The molecule has 2 aliphatic heterocycles. The first kappa shape index (κ1) is 21.7. The summed E-state index contributed by atoms with van der Waals surface area (Å²) in [6, 6.07) is 4.11. The lowest BCUT2D eigenvalue weighted by Gasteiger charge is -2.41. The standard InChI is InChI=1S/C20H28FN3O4S/c1-3-17-5-4-10-29(27,28)24(17)12-16-6-7-18(11-20(16)21)22-8-9-23(15(2)26)19(13-22)14-25/h3,6-7,11,17,19,25H,1,4-5,8-10,12-14H2,2H3. The maximum Gasteiger partial charge on any atom is 0.219 e. The van der Waals surface area contributed by atoms with Gasteiger partial charge in [0.25, 0.3) is 0 Å². The van der Waals surface area contributed by atoms with Gasteiger partial charge in [-0.25, -0.2) is 12.8 Å². The van der Waals surface area contributed by atoms with Crippen molar-refractivity contribution in [2.45, 2.75) is 38.4 Å². The van der Waals surface area contributed by atoms with Crippen LogP contribution in [0.25, 0.3) is 0 Å². The normalized spacial score (nSPS) is 25.1. The lowest BCUT2D eigenvalue weighted by atomic mass is 10.1. The smallest absolute Gasteiger partial charge is 0.219 e. The number of amides is 1. The van der Waals surface area contributed by atoms with Crippen LogP contribution in [0.4, 0.5) is 10.1 Å². The number of piperazine rings is 1. The quantitative estimate of drug-likeness (QED) is 0.720. The van der Waals surface area contributed by atoms with E-state index in [0.29, 0.717) is 43.7 Å². The summed E-state index contributed by atoms with van der Waals surface area (Å²) in [4.78, 5) is 15.2. The van der Waals surface area contributed by atoms with Gasteiger partial charge in [0.05, 0.1) is 18.4 Å². The van der Waals surface area contributed by atoms with E-state index in [0.717, 1.165) is 0 Å². The molecule has 2 aliphatic rings. The first-order chi connectivity index (χ1) is 13.8. The number of hydrogen-bond acceptors (Lipinski definition) is 5. The Labute approximate surface area is 171 Å². The van der Waals surface area contributed by atoms with Gasteiger partial charge in [0, 0.05) is 50.4 Å². The van der Waals surface area contributed by atoms with Gasteiger partial charge in [-0.1, -0.05) is 12.1 Å². The SMILES string of the molecule is C=CC1CCCS(=O)(=O)N1Cc1ccc(N2CCN(C(C)=O)C(CO)C2)cc1F. The summed E-state index contributed by atoms with van der Waals surface area (Å²) >= 11 is 0. The van der Waals surface area contributed by atoms with Gasteiger partial charge >= 0.3 is 0 Å². The second kappa shape index (κ2) is 8.81. The van der Waals surface area contributed by atoms with Crippen LogP contribution in [0.15, 0.2) is 30.9 Å². The third-order valence-corrected chi connectivity index (χ3v) is 7.65. The van der Waals surface area contributed by atoms with Gasteiger partial charge in [0.2, 0.25) is 15.9 Å². The van der Waals surface area contributed by atoms with Crippen molar-refractivity contribution in [2.24, 2.45) is 0 Å². The third-order valence-electron chi connectivity index (χ3n) is 5.73. The Morgan fingerprint density at radius 1 is 1.38 bits per heavy atom. The zero-order chi connectivity index (χ0) is 21.2. The summed E-state index contributed by atoms with van der Waals surface area (Å²) in [5.41, 5.74) is 0.960. The van der Waals surface area contributed by atoms with Gasteiger partial charge in [-0.2, -0.15) is 4.31 Å². The van der Waals surface area contributed by atoms with Crippen LogP contribution >= 0.6 is 0 Å². The molecule has 2 atom stereocenters. The fourth-order valence-electron chi connectivity index (χ4n) is 4.08. The van der Waals surface area contributed by atoms with Crippen molar-refractivity contribution in [3.8, 4) is 0 Å². The van der Waals surface area contributed by atoms with Crippen LogP contribution in [0.3, 0.4) is 0 Å². The van der Waals surface area contributed by atoms with Crippen LogP contribution in [0.5, 0.6) is 0 Å². The van der Waals surface area contributed by atoms with E-state index < -0.39 is 15.8 Å². The molecule has 3 rings (SSSR count). The molecule has 0 radical (unpaired) electrons. The van der Waals surface area contributed by atoms with E-state index in [-0.39, 0.29) is 36.9 Å². The second-order valence-electron chi connectivity index (χ2n) is 7.58. The molecule has 2 unspecified atom stereocenters. The number of nitrogens with zero attached hydrogens (tertiary/aromatic N) is 3. The fraction of sp³-hybridized carbons (Fsp3) is 0.550. The number of carbonyl (C=O) groups excluding carboxylic acids is 1. The number of sulfonamides is 1. The number of benzene rings is 1. The molecule has 0 bridgehead atoms. The van der Waals surface area contributed by atoms with E-state index in [1.807, 2.05) is 4.90 Å². The molecule has 7 nitrogen and oxygen atoms in total. The summed E-state index contributed by atoms with van der Waals surface area (Å²) in [6.07, 6.45) is 2.87. The van der Waals surface area contributed by atoms with Crippen LogP contribution in [0, 0.1) is 5.82 Å². The summed E-state index contributed by atoms with van der Waals surface area (Å²) in [5, 5.41) is 9.59. The Bertz CT molecular complexity index is 876. The highest BCUT2D eigenvalue weighted by Crippen LogP contribution is 2.27. The monoisotopic (exact) mass is 425 g/mol. The van der Waals surface area contributed by atoms with Crippen molar-refractivity contribution in [1.29, 1.82) is 0 Å². The van der Waals surface area contributed by atoms with Crippen LogP contribution in [-0.4, -0.2) is 72.7 Å². The van der Waals surface area contributed by atoms with Crippen molar-refractivity contribution in [1.82, 2.24) is 9.21 Å². The zero-order valence-corrected chi connectivity index (χ0v) is 17.4. The van der Waals surface area contributed by atoms with Crippen molar-refractivity contribution < 1.29 is 22.7 Å². The van der Waals surface area contributed by atoms with Gasteiger partial charge < -0.3 is 14.9 Å². The molecule has 160 valence electrons. The highest BCUT2D eigenvalue weighted by Gasteiger charge is 2.33. The number of carbonyl (C=O) groups is 1. The predicted molar refractivity (Wildman–Crippen MR) is 109 cm³/mol. The average molecular weight is 426 g/mol. The van der Waals surface area contributed by atoms with Crippen LogP contribution < -0.4 is 4.90 Å². The summed E-state index contributed by atoms with van der Waals surface area (Å²) in [7, 11) is -3.44. The maximum atomic E-state index is 14.8. The van der Waals surface area contributed by atoms with E-state index in [1.165, 1.54) is 17.3 Å². The molecule has 1 amide bonds. The highest BCUT2D eigenvalue weighted by molar-refractivity contribution is 7.89. The molecular weight excluding hydrogens is 397 g/mol. The van der Waals surface area contributed by atoms with Crippen LogP contribution in [0.1, 0.15) is 25.3 Å². The first-order valence-electron chi connectivity index (χ1n) is 9.80. The average Bonchev–Trinajstić information content (AvgIpc) is 2.69. The predicted octanol–water partition coefficient (Wildman–Crippen LogP) is 1.34. The Hall–Kier alpha value is -1.97. The minimum atomic E-state index is -3.44. The van der Waals surface area contributed by atoms with E-state index >= 15 is 0 Å². The summed E-state index contributed by atoms with van der Waals surface area (Å²) in [5.74, 6) is -0.495. The van der Waals surface area contributed by atoms with E-state index in [1.54, 1.807) is 23.1 Å². The van der Waals surface area contributed by atoms with Gasteiger partial charge in [-0.05, 0) is 25.0 Å². The lowest BCUT2D eigenvalue weighted by Crippen LogP contribution is -2.56. The minimum Gasteiger partial charge on any atom is -0.394 e. The van der Waals surface area contributed by atoms with Crippen LogP contribution in [-0.2, 0) is 21.4 Å². The van der Waals surface area contributed by atoms with E-state index in [2.05, 4.69) is 6.58 Å². The molecule has 1 N–H and O–H groups in total. The molecule has 9 heteroatoms. The van der Waals surface area contributed by atoms with Gasteiger partial charge in [0.1, 0.15) is 5.82 Å². The number of hydrogen-bond donors (Lipinski definition) is 1. The van der Waals surface area contributed by atoms with Crippen molar-refractivity contribution in [3.63, 3.8) is 0 Å². The molecule has 1 aromatic rings. The van der Waals surface area contributed by atoms with Crippen molar-refractivity contribution in [3.05, 3.63) is 42.2 Å². The Morgan fingerprint density at radius 2 is 2.14 bits per heavy atom. The lowest BCUT2D eigenvalue weighted by molar-refractivity contribution is -0.132. The molecule has 2 saturated heterocycles. The molecule has 2 heterocycles. The molecule has 2 fully saturated rings. The number of aliphatic hydroxyl groups is 1. The molecule has 0 saturated carbocycles. The number of rotatable bonds is 5. The first-order valence-corrected chi connectivity index (χ1v) is 11.4. The van der Waals surface area contributed by atoms with Crippen molar-refractivity contribution in [2.75, 3.05) is 36.9 Å². The van der Waals surface area contributed by atoms with E-state index in [4.69, 9.17) is 0 Å². The third kappa shape index (κ3) is 4.62. The Morgan fingerprint density at radius 3 is 2.76 bits per heavy atom. The molecule has 0 aromatic heterocycles. The number of halogens is 1. The Balaban J connectivity index is 1.77. The summed E-state index contributed by atoms with van der Waals surface area (Å²) in [6.45, 7) is 6.40. The van der Waals surface area contributed by atoms with Gasteiger partial charge in [0.15, 0.2) is 0 Å². The fourth-order valence-corrected chi connectivity index (χ4v) is 5.79. The zero-order valence-electron chi connectivity index (χ0n) is 16.6. The molecular formula is C20H28FN3O4S. The van der Waals surface area contributed by atoms with Gasteiger partial charge in [-0.3, -0.25) is 4.79 Å². The van der Waals surface area contributed by atoms with Crippen LogP contribution in [0.2, 0.25) is 0 Å². The Kier molecular flexibility index (Phi) is 6.60. The summed E-state index contributed by atoms with van der Waals surface area (Å²) < 4.78 is 41.0. The minimum absolute atomic E-state index is 0.0253. The molecule has 1 aromatic carbocycles. The molecule has 0 aliphatic carbocycles. The largest absolute Gasteiger partial charge is 0.394 e. The van der Waals surface area contributed by atoms with Gasteiger partial charge in [-0.15, -0.1) is 6.58 Å². The topological polar surface area (TPSA) is 81.2 Å². The van der Waals surface area contributed by atoms with E-state index in [9.17, 15) is 22.7 Å². The second-order valence-corrected chi connectivity index (χ2v) is 9.62. The molecule has 29 heavy (non-hydrogen) atoms. The van der Waals surface area contributed by atoms with Crippen molar-refractivity contribution >= 4 is 21.6 Å². The highest BCUT2D eigenvalue weighted by atomic mass is 32.2. The molecule has 0 spiro atoms. The maximum absolute atomic E-state index is 14.8.